The summed E-state index contributed by atoms with van der Waals surface area (Å²) in [5, 5.41) is 9.48. The normalized spacial score (nSPS) is 20.7. The predicted molar refractivity (Wildman–Crippen MR) is 63.6 cm³/mol. The molecule has 0 atom stereocenters. The van der Waals surface area contributed by atoms with E-state index < -0.39 is 23.3 Å². The maximum absolute atomic E-state index is 12.3. The van der Waals surface area contributed by atoms with Crippen molar-refractivity contribution in [2.75, 3.05) is 0 Å². The Morgan fingerprint density at radius 3 is 2.42 bits per heavy atom. The van der Waals surface area contributed by atoms with Crippen LogP contribution < -0.4 is 0 Å². The molecule has 2 amide bonds. The molecule has 3 rings (SSSR count). The van der Waals surface area contributed by atoms with E-state index in [0.717, 1.165) is 4.90 Å². The molecule has 1 aromatic heterocycles. The Bertz CT molecular complexity index is 555. The van der Waals surface area contributed by atoms with E-state index in [9.17, 15) is 19.5 Å². The van der Waals surface area contributed by atoms with Gasteiger partial charge in [0.1, 0.15) is 5.54 Å². The van der Waals surface area contributed by atoms with Crippen LogP contribution in [0.3, 0.4) is 0 Å². The Labute approximate surface area is 109 Å². The number of carbonyl (C=O) groups excluding carboxylic acids is 2. The Morgan fingerprint density at radius 2 is 1.84 bits per heavy atom. The van der Waals surface area contributed by atoms with Crippen LogP contribution in [0.15, 0.2) is 18.5 Å². The van der Waals surface area contributed by atoms with Crippen LogP contribution in [-0.4, -0.2) is 38.3 Å². The van der Waals surface area contributed by atoms with Gasteiger partial charge in [-0.2, -0.15) is 0 Å². The average Bonchev–Trinajstić information content (AvgIpc) is 2.97. The molecular weight excluding hydrogens is 248 g/mol. The highest BCUT2D eigenvalue weighted by molar-refractivity contribution is 6.23. The smallest absolute Gasteiger partial charge is 0.330 e. The summed E-state index contributed by atoms with van der Waals surface area (Å²) in [7, 11) is 0. The topological polar surface area (TPSA) is 87.6 Å². The fourth-order valence-corrected chi connectivity index (χ4v) is 2.97. The van der Waals surface area contributed by atoms with Crippen molar-refractivity contribution >= 4 is 17.8 Å². The first kappa shape index (κ1) is 11.8. The molecule has 2 heterocycles. The molecule has 0 unspecified atom stereocenters. The highest BCUT2D eigenvalue weighted by Gasteiger charge is 2.55. The first-order chi connectivity index (χ1) is 9.08. The summed E-state index contributed by atoms with van der Waals surface area (Å²) < 4.78 is 0. The number of carbonyl (C=O) groups is 3. The predicted octanol–water partition coefficient (Wildman–Crippen LogP) is 1.07. The highest BCUT2D eigenvalue weighted by atomic mass is 16.4. The fraction of sp³-hybridized carbons (Fsp3) is 0.385. The minimum atomic E-state index is -1.38. The fourth-order valence-electron chi connectivity index (χ4n) is 2.97. The lowest BCUT2D eigenvalue weighted by molar-refractivity contribution is -0.148. The Hall–Kier alpha value is -2.24. The summed E-state index contributed by atoms with van der Waals surface area (Å²) in [4.78, 5) is 41.0. The first-order valence-electron chi connectivity index (χ1n) is 6.14. The van der Waals surface area contributed by atoms with E-state index >= 15 is 0 Å². The van der Waals surface area contributed by atoms with Gasteiger partial charge in [0.15, 0.2) is 0 Å². The number of hydrogen-bond donors (Lipinski definition) is 1. The van der Waals surface area contributed by atoms with Gasteiger partial charge in [-0.3, -0.25) is 19.5 Å². The van der Waals surface area contributed by atoms with E-state index in [1.165, 1.54) is 18.5 Å². The van der Waals surface area contributed by atoms with Crippen molar-refractivity contribution < 1.29 is 19.5 Å². The van der Waals surface area contributed by atoms with E-state index in [0.29, 0.717) is 25.7 Å². The lowest BCUT2D eigenvalue weighted by Crippen LogP contribution is -2.55. The highest BCUT2D eigenvalue weighted by Crippen LogP contribution is 2.40. The van der Waals surface area contributed by atoms with Gasteiger partial charge in [0.2, 0.25) is 0 Å². The first-order valence-corrected chi connectivity index (χ1v) is 6.14. The summed E-state index contributed by atoms with van der Waals surface area (Å²) >= 11 is 0. The number of carboxylic acids is 1. The van der Waals surface area contributed by atoms with Gasteiger partial charge in [0.25, 0.3) is 11.8 Å². The molecule has 0 radical (unpaired) electrons. The number of imide groups is 1. The number of amides is 2. The Kier molecular flexibility index (Phi) is 2.41. The molecule has 6 nitrogen and oxygen atoms in total. The second kappa shape index (κ2) is 3.88. The minimum absolute atomic E-state index is 0.194. The second-order valence-electron chi connectivity index (χ2n) is 4.91. The molecule has 1 aliphatic heterocycles. The van der Waals surface area contributed by atoms with E-state index in [-0.39, 0.29) is 11.1 Å². The van der Waals surface area contributed by atoms with Gasteiger partial charge < -0.3 is 5.11 Å². The van der Waals surface area contributed by atoms with Crippen molar-refractivity contribution in [2.24, 2.45) is 0 Å². The van der Waals surface area contributed by atoms with Crippen molar-refractivity contribution in [1.29, 1.82) is 0 Å². The number of carboxylic acid groups (broad SMARTS) is 1. The molecule has 0 spiro atoms. The summed E-state index contributed by atoms with van der Waals surface area (Å²) in [6.07, 6.45) is 4.80. The van der Waals surface area contributed by atoms with Crippen LogP contribution in [0, 0.1) is 0 Å². The third kappa shape index (κ3) is 1.43. The van der Waals surface area contributed by atoms with Crippen LogP contribution in [0.4, 0.5) is 0 Å². The van der Waals surface area contributed by atoms with Crippen LogP contribution >= 0.6 is 0 Å². The molecule has 1 aliphatic carbocycles. The number of aromatic nitrogens is 1. The van der Waals surface area contributed by atoms with Crippen molar-refractivity contribution in [2.45, 2.75) is 31.2 Å². The number of rotatable bonds is 2. The monoisotopic (exact) mass is 260 g/mol. The second-order valence-corrected chi connectivity index (χ2v) is 4.91. The quantitative estimate of drug-likeness (QED) is 0.804. The molecule has 0 bridgehead atoms. The van der Waals surface area contributed by atoms with E-state index in [2.05, 4.69) is 4.98 Å². The summed E-state index contributed by atoms with van der Waals surface area (Å²) in [6, 6.07) is 1.46. The molecule has 1 saturated carbocycles. The molecule has 0 aromatic carbocycles. The van der Waals surface area contributed by atoms with Crippen LogP contribution in [0.25, 0.3) is 0 Å². The van der Waals surface area contributed by atoms with Gasteiger partial charge in [0, 0.05) is 12.4 Å². The zero-order chi connectivity index (χ0) is 13.6. The van der Waals surface area contributed by atoms with Crippen LogP contribution in [0.1, 0.15) is 46.4 Å². The number of fused-ring (bicyclic) bond motifs is 1. The molecule has 98 valence electrons. The Balaban J connectivity index is 2.11. The molecule has 19 heavy (non-hydrogen) atoms. The van der Waals surface area contributed by atoms with Crippen LogP contribution in [0.2, 0.25) is 0 Å². The number of aliphatic carboxylic acids is 1. The van der Waals surface area contributed by atoms with Crippen molar-refractivity contribution in [1.82, 2.24) is 9.88 Å². The van der Waals surface area contributed by atoms with Crippen molar-refractivity contribution in [3.8, 4) is 0 Å². The summed E-state index contributed by atoms with van der Waals surface area (Å²) in [5.74, 6) is -2.17. The molecule has 0 saturated heterocycles. The maximum Gasteiger partial charge on any atom is 0.330 e. The standard InChI is InChI=1S/C13H12N2O4/c16-10-8-3-6-14-7-9(8)11(17)15(10)13(12(18)19)4-1-2-5-13/h3,6-7H,1-2,4-5H2,(H,18,19). The van der Waals surface area contributed by atoms with Gasteiger partial charge in [-0.25, -0.2) is 4.79 Å². The van der Waals surface area contributed by atoms with Crippen molar-refractivity contribution in [3.05, 3.63) is 29.6 Å². The maximum atomic E-state index is 12.3. The largest absolute Gasteiger partial charge is 0.479 e. The Morgan fingerprint density at radius 1 is 1.21 bits per heavy atom. The third-order valence-corrected chi connectivity index (χ3v) is 3.94. The van der Waals surface area contributed by atoms with Gasteiger partial charge in [-0.15, -0.1) is 0 Å². The number of nitrogens with zero attached hydrogens (tertiary/aromatic N) is 2. The minimum Gasteiger partial charge on any atom is -0.479 e. The van der Waals surface area contributed by atoms with E-state index in [1.807, 2.05) is 0 Å². The zero-order valence-electron chi connectivity index (χ0n) is 10.1. The number of hydrogen-bond acceptors (Lipinski definition) is 4. The molecular formula is C13H12N2O4. The molecule has 6 heteroatoms. The third-order valence-electron chi connectivity index (χ3n) is 3.94. The van der Waals surface area contributed by atoms with Crippen LogP contribution in [0.5, 0.6) is 0 Å². The molecule has 1 aromatic rings. The number of pyridine rings is 1. The van der Waals surface area contributed by atoms with Gasteiger partial charge >= 0.3 is 5.97 Å². The van der Waals surface area contributed by atoms with Crippen LogP contribution in [-0.2, 0) is 4.79 Å². The molecule has 1 fully saturated rings. The lowest BCUT2D eigenvalue weighted by Gasteiger charge is -2.32. The van der Waals surface area contributed by atoms with Gasteiger partial charge in [0.05, 0.1) is 11.1 Å². The van der Waals surface area contributed by atoms with Crippen molar-refractivity contribution in [3.63, 3.8) is 0 Å². The van der Waals surface area contributed by atoms with E-state index in [1.54, 1.807) is 0 Å². The van der Waals surface area contributed by atoms with E-state index in [4.69, 9.17) is 0 Å². The van der Waals surface area contributed by atoms with Gasteiger partial charge in [-0.1, -0.05) is 12.8 Å². The SMILES string of the molecule is O=C1c2ccncc2C(=O)N1C1(C(=O)O)CCCC1. The summed E-state index contributed by atoms with van der Waals surface area (Å²) in [6.45, 7) is 0. The molecule has 1 N–H and O–H groups in total. The lowest BCUT2D eigenvalue weighted by atomic mass is 9.95. The van der Waals surface area contributed by atoms with Gasteiger partial charge in [-0.05, 0) is 18.9 Å². The average molecular weight is 260 g/mol. The zero-order valence-corrected chi connectivity index (χ0v) is 10.1. The summed E-state index contributed by atoms with van der Waals surface area (Å²) in [5.41, 5.74) is -0.944. The molecule has 2 aliphatic rings.